The van der Waals surface area contributed by atoms with Gasteiger partial charge in [0.2, 0.25) is 11.9 Å². The van der Waals surface area contributed by atoms with Crippen LogP contribution in [0.5, 0.6) is 6.01 Å². The van der Waals surface area contributed by atoms with Crippen molar-refractivity contribution in [3.05, 3.63) is 0 Å². The van der Waals surface area contributed by atoms with Crippen LogP contribution in [0.15, 0.2) is 0 Å². The molecule has 2 N–H and O–H groups in total. The summed E-state index contributed by atoms with van der Waals surface area (Å²) in [5, 5.41) is 5.66. The zero-order chi connectivity index (χ0) is 15.2. The van der Waals surface area contributed by atoms with Crippen molar-refractivity contribution in [2.24, 2.45) is 0 Å². The Kier molecular flexibility index (Phi) is 4.96. The van der Waals surface area contributed by atoms with Crippen LogP contribution in [-0.4, -0.2) is 60.9 Å². The molecule has 0 radical (unpaired) electrons. The lowest BCUT2D eigenvalue weighted by atomic mass is 10.3. The van der Waals surface area contributed by atoms with Gasteiger partial charge < -0.3 is 25.0 Å². The number of ether oxygens (including phenoxy) is 2. The van der Waals surface area contributed by atoms with Gasteiger partial charge >= 0.3 is 12.1 Å². The minimum atomic E-state index is -0.427. The minimum Gasteiger partial charge on any atom is -0.464 e. The topological polar surface area (TPSA) is 102 Å². The molecule has 2 heterocycles. The van der Waals surface area contributed by atoms with Crippen LogP contribution in [0.2, 0.25) is 0 Å². The summed E-state index contributed by atoms with van der Waals surface area (Å²) in [5.74, 6) is 0.986. The van der Waals surface area contributed by atoms with Crippen molar-refractivity contribution >= 4 is 18.0 Å². The lowest BCUT2D eigenvalue weighted by Gasteiger charge is -2.17. The molecule has 1 unspecified atom stereocenters. The standard InChI is InChI=1S/C12H20N6O3/c1-4-21-11-16-9(13-2)15-10(17-11)18-6-5-8(7-18)14-12(19)20-3/h8H,4-7H2,1-3H3,(H,14,19)(H,13,15,16,17). The van der Waals surface area contributed by atoms with E-state index in [1.807, 2.05) is 11.8 Å². The number of hydrogen-bond donors (Lipinski definition) is 2. The molecule has 9 heteroatoms. The van der Waals surface area contributed by atoms with E-state index in [9.17, 15) is 4.79 Å². The van der Waals surface area contributed by atoms with Gasteiger partial charge in [-0.1, -0.05) is 0 Å². The summed E-state index contributed by atoms with van der Waals surface area (Å²) in [4.78, 5) is 25.9. The second-order valence-electron chi connectivity index (χ2n) is 4.49. The van der Waals surface area contributed by atoms with Crippen LogP contribution in [0.4, 0.5) is 16.7 Å². The largest absolute Gasteiger partial charge is 0.464 e. The maximum Gasteiger partial charge on any atom is 0.407 e. The van der Waals surface area contributed by atoms with E-state index in [4.69, 9.17) is 4.74 Å². The maximum atomic E-state index is 11.2. The molecule has 116 valence electrons. The van der Waals surface area contributed by atoms with Crippen molar-refractivity contribution in [1.29, 1.82) is 0 Å². The van der Waals surface area contributed by atoms with Gasteiger partial charge in [0, 0.05) is 20.1 Å². The van der Waals surface area contributed by atoms with Crippen LogP contribution in [0.3, 0.4) is 0 Å². The van der Waals surface area contributed by atoms with E-state index in [0.29, 0.717) is 25.0 Å². The molecule has 2 rings (SSSR count). The molecule has 0 saturated carbocycles. The van der Waals surface area contributed by atoms with Crippen molar-refractivity contribution < 1.29 is 14.3 Å². The zero-order valence-electron chi connectivity index (χ0n) is 12.4. The number of carbonyl (C=O) groups excluding carboxylic acids is 1. The second kappa shape index (κ2) is 6.91. The summed E-state index contributed by atoms with van der Waals surface area (Å²) in [6, 6.07) is 0.305. The Labute approximate surface area is 123 Å². The number of nitrogens with one attached hydrogen (secondary N) is 2. The quantitative estimate of drug-likeness (QED) is 0.797. The van der Waals surface area contributed by atoms with Crippen molar-refractivity contribution in [2.75, 3.05) is 44.1 Å². The fourth-order valence-corrected chi connectivity index (χ4v) is 2.08. The van der Waals surface area contributed by atoms with Crippen molar-refractivity contribution in [3.63, 3.8) is 0 Å². The predicted octanol–water partition coefficient (Wildman–Crippen LogP) is 0.247. The van der Waals surface area contributed by atoms with Gasteiger partial charge in [-0.25, -0.2) is 4.79 Å². The average molecular weight is 296 g/mol. The molecule has 0 aliphatic carbocycles. The van der Waals surface area contributed by atoms with Gasteiger partial charge in [-0.2, -0.15) is 15.0 Å². The molecule has 1 fully saturated rings. The summed E-state index contributed by atoms with van der Waals surface area (Å²) >= 11 is 0. The summed E-state index contributed by atoms with van der Waals surface area (Å²) < 4.78 is 9.94. The van der Waals surface area contributed by atoms with Crippen molar-refractivity contribution in [1.82, 2.24) is 20.3 Å². The molecule has 9 nitrogen and oxygen atoms in total. The molecule has 1 amide bonds. The van der Waals surface area contributed by atoms with E-state index in [-0.39, 0.29) is 12.1 Å². The number of anilines is 2. The smallest absolute Gasteiger partial charge is 0.407 e. The number of nitrogens with zero attached hydrogens (tertiary/aromatic N) is 4. The number of hydrogen-bond acceptors (Lipinski definition) is 8. The summed E-state index contributed by atoms with van der Waals surface area (Å²) in [5.41, 5.74) is 0. The van der Waals surface area contributed by atoms with Crippen LogP contribution >= 0.6 is 0 Å². The molecule has 1 aromatic rings. The van der Waals surface area contributed by atoms with Crippen LogP contribution in [-0.2, 0) is 4.74 Å². The van der Waals surface area contributed by atoms with Gasteiger partial charge in [0.25, 0.3) is 0 Å². The molecule has 21 heavy (non-hydrogen) atoms. The number of rotatable bonds is 5. The Morgan fingerprint density at radius 1 is 1.43 bits per heavy atom. The van der Waals surface area contributed by atoms with Crippen LogP contribution in [0.1, 0.15) is 13.3 Å². The van der Waals surface area contributed by atoms with Crippen LogP contribution < -0.4 is 20.3 Å². The molecule has 1 atom stereocenters. The first-order chi connectivity index (χ1) is 10.2. The van der Waals surface area contributed by atoms with Gasteiger partial charge in [-0.15, -0.1) is 0 Å². The van der Waals surface area contributed by atoms with Gasteiger partial charge in [0.1, 0.15) is 0 Å². The maximum absolute atomic E-state index is 11.2. The van der Waals surface area contributed by atoms with E-state index >= 15 is 0 Å². The molecular weight excluding hydrogens is 276 g/mol. The van der Waals surface area contributed by atoms with E-state index < -0.39 is 6.09 Å². The minimum absolute atomic E-state index is 0.0165. The first kappa shape index (κ1) is 15.1. The zero-order valence-corrected chi connectivity index (χ0v) is 12.4. The third kappa shape index (κ3) is 3.83. The average Bonchev–Trinajstić information content (AvgIpc) is 2.95. The van der Waals surface area contributed by atoms with Crippen molar-refractivity contribution in [2.45, 2.75) is 19.4 Å². The first-order valence-corrected chi connectivity index (χ1v) is 6.82. The summed E-state index contributed by atoms with van der Waals surface area (Å²) in [7, 11) is 3.09. The third-order valence-corrected chi connectivity index (χ3v) is 3.08. The van der Waals surface area contributed by atoms with E-state index in [1.165, 1.54) is 7.11 Å². The SMILES string of the molecule is CCOc1nc(NC)nc(N2CCC(NC(=O)OC)C2)n1. The second-order valence-corrected chi connectivity index (χ2v) is 4.49. The first-order valence-electron chi connectivity index (χ1n) is 6.82. The number of methoxy groups -OCH3 is 1. The van der Waals surface area contributed by atoms with Crippen LogP contribution in [0.25, 0.3) is 0 Å². The van der Waals surface area contributed by atoms with E-state index in [0.717, 1.165) is 13.0 Å². The predicted molar refractivity (Wildman–Crippen MR) is 76.7 cm³/mol. The number of amides is 1. The van der Waals surface area contributed by atoms with Gasteiger partial charge in [0.15, 0.2) is 0 Å². The monoisotopic (exact) mass is 296 g/mol. The third-order valence-electron chi connectivity index (χ3n) is 3.08. The fraction of sp³-hybridized carbons (Fsp3) is 0.667. The molecule has 0 aromatic carbocycles. The highest BCUT2D eigenvalue weighted by Crippen LogP contribution is 2.19. The molecule has 1 aromatic heterocycles. The fourth-order valence-electron chi connectivity index (χ4n) is 2.08. The Morgan fingerprint density at radius 2 is 2.24 bits per heavy atom. The van der Waals surface area contributed by atoms with Crippen molar-refractivity contribution in [3.8, 4) is 6.01 Å². The van der Waals surface area contributed by atoms with Crippen LogP contribution in [0, 0.1) is 0 Å². The Morgan fingerprint density at radius 3 is 2.90 bits per heavy atom. The van der Waals surface area contributed by atoms with E-state index in [1.54, 1.807) is 7.05 Å². The van der Waals surface area contributed by atoms with E-state index in [2.05, 4.69) is 30.3 Å². The van der Waals surface area contributed by atoms with Gasteiger partial charge in [0.05, 0.1) is 19.8 Å². The lowest BCUT2D eigenvalue weighted by Crippen LogP contribution is -2.37. The van der Waals surface area contributed by atoms with Gasteiger partial charge in [-0.3, -0.25) is 0 Å². The molecule has 1 aliphatic heterocycles. The lowest BCUT2D eigenvalue weighted by molar-refractivity contribution is 0.167. The summed E-state index contributed by atoms with van der Waals surface area (Å²) in [6.07, 6.45) is 0.378. The van der Waals surface area contributed by atoms with Gasteiger partial charge in [-0.05, 0) is 13.3 Å². The molecule has 1 aliphatic rings. The highest BCUT2D eigenvalue weighted by Gasteiger charge is 2.26. The Balaban J connectivity index is 2.08. The number of carbonyl (C=O) groups is 1. The highest BCUT2D eigenvalue weighted by molar-refractivity contribution is 5.67. The molecule has 0 bridgehead atoms. The summed E-state index contributed by atoms with van der Waals surface area (Å²) in [6.45, 7) is 3.72. The normalized spacial score (nSPS) is 17.5. The molecule has 0 spiro atoms. The number of alkyl carbamates (subject to hydrolysis) is 1. The highest BCUT2D eigenvalue weighted by atomic mass is 16.5. The Hall–Kier alpha value is -2.32. The molecule has 1 saturated heterocycles. The number of aromatic nitrogens is 3. The Bertz CT molecular complexity index is 498. The molecular formula is C12H20N6O3.